The summed E-state index contributed by atoms with van der Waals surface area (Å²) in [5.41, 5.74) is 0.166. The molecule has 1 heterocycles. The van der Waals surface area contributed by atoms with E-state index in [-0.39, 0.29) is 39.1 Å². The molecular weight excluding hydrogens is 516 g/mol. The van der Waals surface area contributed by atoms with E-state index < -0.39 is 30.0 Å². The molecule has 16 heteroatoms. The molecule has 0 saturated carbocycles. The molecule has 14 nitrogen and oxygen atoms in total. The quantitative estimate of drug-likeness (QED) is 0.149. The number of nitro benzene ring substituents is 1. The third-order valence-electron chi connectivity index (χ3n) is 4.95. The monoisotopic (exact) mass is 533 g/mol. The maximum Gasteiger partial charge on any atom is 0.341 e. The lowest BCUT2D eigenvalue weighted by molar-refractivity contribution is -0.734. The number of rotatable bonds is 7. The van der Waals surface area contributed by atoms with Gasteiger partial charge in [-0.1, -0.05) is 12.1 Å². The third-order valence-corrected chi connectivity index (χ3v) is 6.79. The Balaban J connectivity index is 2.00. The fourth-order valence-electron chi connectivity index (χ4n) is 3.31. The largest absolute Gasteiger partial charge is 0.492 e. The summed E-state index contributed by atoms with van der Waals surface area (Å²) in [4.78, 5) is 12.3. The van der Waals surface area contributed by atoms with Gasteiger partial charge in [-0.25, -0.2) is 13.6 Å². The zero-order valence-electron chi connectivity index (χ0n) is 18.3. The minimum atomic E-state index is -4.64. The molecule has 0 aliphatic carbocycles. The molecule has 0 unspecified atom stereocenters. The SMILES string of the molecule is COc1cc([N+](=O)[O-])ccc1-[n+]1nc(-c2ccccc2S(=O)(=O)O)nn1-c1ccc(S(N)(=O)=O)cc1. The van der Waals surface area contributed by atoms with Crippen LogP contribution in [-0.4, -0.2) is 48.4 Å². The number of hydrogen-bond acceptors (Lipinski definition) is 9. The van der Waals surface area contributed by atoms with Crippen LogP contribution in [-0.2, 0) is 20.1 Å². The maximum atomic E-state index is 11.9. The van der Waals surface area contributed by atoms with Gasteiger partial charge in [0.15, 0.2) is 5.75 Å². The van der Waals surface area contributed by atoms with E-state index in [0.717, 1.165) is 6.07 Å². The van der Waals surface area contributed by atoms with Crippen molar-refractivity contribution in [2.75, 3.05) is 7.11 Å². The van der Waals surface area contributed by atoms with Crippen molar-refractivity contribution in [2.45, 2.75) is 9.79 Å². The van der Waals surface area contributed by atoms with Crippen molar-refractivity contribution in [2.24, 2.45) is 5.14 Å². The van der Waals surface area contributed by atoms with Crippen LogP contribution in [0.1, 0.15) is 0 Å². The van der Waals surface area contributed by atoms with Crippen molar-refractivity contribution >= 4 is 25.8 Å². The summed E-state index contributed by atoms with van der Waals surface area (Å²) in [6.07, 6.45) is 0. The molecule has 0 saturated heterocycles. The smallest absolute Gasteiger partial charge is 0.341 e. The number of ether oxygens (including phenoxy) is 1. The second-order valence-corrected chi connectivity index (χ2v) is 10.2. The van der Waals surface area contributed by atoms with Gasteiger partial charge in [0.1, 0.15) is 10.6 Å². The summed E-state index contributed by atoms with van der Waals surface area (Å²) in [5.74, 6) is -0.0993. The molecule has 0 aliphatic heterocycles. The lowest BCUT2D eigenvalue weighted by Gasteiger charge is -2.05. The van der Waals surface area contributed by atoms with Crippen molar-refractivity contribution in [3.63, 3.8) is 0 Å². The zero-order valence-corrected chi connectivity index (χ0v) is 19.9. The first-order chi connectivity index (χ1) is 16.9. The Kier molecular flexibility index (Phi) is 6.27. The summed E-state index contributed by atoms with van der Waals surface area (Å²) in [5, 5.41) is 25.1. The molecule has 0 fully saturated rings. The Morgan fingerprint density at radius 3 is 2.31 bits per heavy atom. The Morgan fingerprint density at radius 1 is 1.06 bits per heavy atom. The number of nitro groups is 1. The molecule has 186 valence electrons. The second-order valence-electron chi connectivity index (χ2n) is 7.23. The third kappa shape index (κ3) is 4.78. The van der Waals surface area contributed by atoms with E-state index in [1.807, 2.05) is 0 Å². The predicted molar refractivity (Wildman–Crippen MR) is 123 cm³/mol. The lowest BCUT2D eigenvalue weighted by atomic mass is 10.2. The molecule has 0 bridgehead atoms. The van der Waals surface area contributed by atoms with E-state index in [0.29, 0.717) is 0 Å². The number of aromatic nitrogens is 4. The van der Waals surface area contributed by atoms with E-state index in [2.05, 4.69) is 10.2 Å². The van der Waals surface area contributed by atoms with Gasteiger partial charge >= 0.3 is 5.82 Å². The zero-order chi connectivity index (χ0) is 26.3. The first kappa shape index (κ1) is 24.9. The van der Waals surface area contributed by atoms with Gasteiger partial charge in [0.05, 0.1) is 33.7 Å². The van der Waals surface area contributed by atoms with Crippen LogP contribution in [0.5, 0.6) is 5.75 Å². The molecule has 0 spiro atoms. The summed E-state index contributed by atoms with van der Waals surface area (Å²) in [7, 11) is -7.33. The Labute approximate surface area is 204 Å². The highest BCUT2D eigenvalue weighted by atomic mass is 32.2. The number of non-ortho nitro benzene ring substituents is 1. The molecule has 0 radical (unpaired) electrons. The Hall–Kier alpha value is -4.25. The molecule has 0 atom stereocenters. The minimum Gasteiger partial charge on any atom is -0.492 e. The molecule has 0 amide bonds. The number of nitrogens with two attached hydrogens (primary N) is 1. The first-order valence-electron chi connectivity index (χ1n) is 9.83. The number of benzene rings is 3. The van der Waals surface area contributed by atoms with Crippen LogP contribution in [0.2, 0.25) is 0 Å². The van der Waals surface area contributed by atoms with E-state index in [1.54, 1.807) is 0 Å². The van der Waals surface area contributed by atoms with Gasteiger partial charge < -0.3 is 4.74 Å². The van der Waals surface area contributed by atoms with Gasteiger partial charge in [-0.2, -0.15) is 8.42 Å². The molecule has 3 aromatic carbocycles. The maximum absolute atomic E-state index is 11.9. The van der Waals surface area contributed by atoms with Crippen molar-refractivity contribution in [3.8, 4) is 28.5 Å². The number of primary sulfonamides is 1. The lowest BCUT2D eigenvalue weighted by Crippen LogP contribution is -2.43. The fourth-order valence-corrected chi connectivity index (χ4v) is 4.51. The van der Waals surface area contributed by atoms with Crippen LogP contribution in [0.3, 0.4) is 0 Å². The molecule has 4 aromatic rings. The molecule has 0 aliphatic rings. The van der Waals surface area contributed by atoms with Crippen LogP contribution >= 0.6 is 0 Å². The molecule has 36 heavy (non-hydrogen) atoms. The van der Waals surface area contributed by atoms with Gasteiger partial charge in [0, 0.05) is 16.9 Å². The molecule has 1 aromatic heterocycles. The van der Waals surface area contributed by atoms with Gasteiger partial charge in [-0.15, -0.1) is 0 Å². The average molecular weight is 534 g/mol. The van der Waals surface area contributed by atoms with Crippen LogP contribution < -0.4 is 14.7 Å². The van der Waals surface area contributed by atoms with Crippen LogP contribution in [0.15, 0.2) is 76.5 Å². The Bertz CT molecular complexity index is 1700. The van der Waals surface area contributed by atoms with E-state index in [1.165, 1.54) is 77.4 Å². The summed E-state index contributed by atoms with van der Waals surface area (Å²) >= 11 is 0. The van der Waals surface area contributed by atoms with E-state index in [9.17, 15) is 31.5 Å². The van der Waals surface area contributed by atoms with Crippen LogP contribution in [0.25, 0.3) is 22.8 Å². The van der Waals surface area contributed by atoms with Gasteiger partial charge in [0.25, 0.3) is 15.8 Å². The second kappa shape index (κ2) is 9.08. The molecule has 4 rings (SSSR count). The van der Waals surface area contributed by atoms with Crippen molar-refractivity contribution in [1.82, 2.24) is 15.0 Å². The number of sulfonamides is 1. The van der Waals surface area contributed by atoms with Gasteiger partial charge in [0.2, 0.25) is 15.7 Å². The van der Waals surface area contributed by atoms with Gasteiger partial charge in [-0.05, 0) is 46.3 Å². The van der Waals surface area contributed by atoms with Crippen molar-refractivity contribution < 1.29 is 35.8 Å². The number of methoxy groups -OCH3 is 1. The highest BCUT2D eigenvalue weighted by Crippen LogP contribution is 2.27. The average Bonchev–Trinajstić information content (AvgIpc) is 3.27. The minimum absolute atomic E-state index is 0.0328. The Morgan fingerprint density at radius 2 is 1.72 bits per heavy atom. The number of hydrogen-bond donors (Lipinski definition) is 2. The molecule has 3 N–H and O–H groups in total. The standard InChI is InChI=1S/C20H16N6O8S2/c1-34-18-12-14(26(27)28)8-11-17(18)25-23-20(16-4-2-3-5-19(16)36(31,32)33)22-24(25)13-6-9-15(10-7-13)35(21,29)30/h2-12H,1H3,(H2-,21,29,30,31,32,33)/p+1. The summed E-state index contributed by atoms with van der Waals surface area (Å²) in [6.45, 7) is 0. The highest BCUT2D eigenvalue weighted by Gasteiger charge is 2.30. The highest BCUT2D eigenvalue weighted by molar-refractivity contribution is 7.89. The summed E-state index contributed by atoms with van der Waals surface area (Å²) in [6, 6.07) is 14.4. The number of nitrogens with zero attached hydrogens (tertiary/aromatic N) is 5. The molecular formula is C20H17N6O8S2+. The van der Waals surface area contributed by atoms with Crippen molar-refractivity contribution in [1.29, 1.82) is 0 Å². The van der Waals surface area contributed by atoms with E-state index in [4.69, 9.17) is 9.88 Å². The van der Waals surface area contributed by atoms with Gasteiger partial charge in [-0.3, -0.25) is 14.7 Å². The number of tetrazole rings is 1. The topological polar surface area (TPSA) is 201 Å². The van der Waals surface area contributed by atoms with E-state index >= 15 is 0 Å². The fraction of sp³-hybridized carbons (Fsp3) is 0.0500. The summed E-state index contributed by atoms with van der Waals surface area (Å²) < 4.78 is 62.1. The first-order valence-corrected chi connectivity index (χ1v) is 12.8. The van der Waals surface area contributed by atoms with Crippen LogP contribution in [0.4, 0.5) is 5.69 Å². The predicted octanol–water partition coefficient (Wildman–Crippen LogP) is 1.02. The van der Waals surface area contributed by atoms with Crippen LogP contribution in [0, 0.1) is 10.1 Å². The van der Waals surface area contributed by atoms with Crippen molar-refractivity contribution in [3.05, 3.63) is 76.8 Å². The normalized spacial score (nSPS) is 11.9.